The average molecular weight is 351 g/mol. The summed E-state index contributed by atoms with van der Waals surface area (Å²) >= 11 is 0. The smallest absolute Gasteiger partial charge is 0.261 e. The lowest BCUT2D eigenvalue weighted by molar-refractivity contribution is 0.601. The number of fused-ring (bicyclic) bond motifs is 1. The van der Waals surface area contributed by atoms with E-state index in [0.717, 1.165) is 29.2 Å². The van der Waals surface area contributed by atoms with Crippen molar-refractivity contribution in [3.8, 4) is 0 Å². The molecule has 0 radical (unpaired) electrons. The summed E-state index contributed by atoms with van der Waals surface area (Å²) in [6, 6.07) is 20.4. The van der Waals surface area contributed by atoms with Gasteiger partial charge in [0.25, 0.3) is 10.0 Å². The van der Waals surface area contributed by atoms with Gasteiger partial charge in [0.2, 0.25) is 0 Å². The first-order valence-corrected chi connectivity index (χ1v) is 9.78. The maximum absolute atomic E-state index is 12.7. The molecule has 3 aromatic carbocycles. The molecule has 4 heteroatoms. The maximum atomic E-state index is 12.7. The fourth-order valence-corrected chi connectivity index (χ4v) is 3.84. The highest BCUT2D eigenvalue weighted by atomic mass is 32.2. The Hall–Kier alpha value is -2.59. The Bertz CT molecular complexity index is 1010. The van der Waals surface area contributed by atoms with Crippen molar-refractivity contribution in [2.45, 2.75) is 24.7 Å². The van der Waals surface area contributed by atoms with Crippen molar-refractivity contribution in [3.05, 3.63) is 84.4 Å². The number of benzene rings is 3. The predicted molar refractivity (Wildman–Crippen MR) is 104 cm³/mol. The molecule has 0 bridgehead atoms. The van der Waals surface area contributed by atoms with Crippen LogP contribution in [-0.2, 0) is 16.4 Å². The number of hydrogen-bond donors (Lipinski definition) is 1. The molecule has 0 fully saturated rings. The zero-order valence-corrected chi connectivity index (χ0v) is 15.0. The predicted octanol–water partition coefficient (Wildman–Crippen LogP) is 5.15. The molecule has 3 aromatic rings. The lowest BCUT2D eigenvalue weighted by atomic mass is 10.1. The number of hydrogen-bond acceptors (Lipinski definition) is 2. The third-order valence-electron chi connectivity index (χ3n) is 4.05. The van der Waals surface area contributed by atoms with E-state index in [-0.39, 0.29) is 4.90 Å². The maximum Gasteiger partial charge on any atom is 0.261 e. The summed E-state index contributed by atoms with van der Waals surface area (Å²) in [5.74, 6) is 0. The normalized spacial score (nSPS) is 11.9. The van der Waals surface area contributed by atoms with Gasteiger partial charge < -0.3 is 0 Å². The molecular weight excluding hydrogens is 330 g/mol. The highest BCUT2D eigenvalue weighted by molar-refractivity contribution is 7.92. The van der Waals surface area contributed by atoms with E-state index in [1.165, 1.54) is 0 Å². The summed E-state index contributed by atoms with van der Waals surface area (Å²) in [6.45, 7) is 1.99. The second kappa shape index (κ2) is 7.53. The summed E-state index contributed by atoms with van der Waals surface area (Å²) in [5, 5.41) is 1.93. The fraction of sp³-hybridized carbons (Fsp3) is 0.143. The first-order chi connectivity index (χ1) is 12.1. The Kier molecular flexibility index (Phi) is 5.19. The highest BCUT2D eigenvalue weighted by Crippen LogP contribution is 2.22. The standard InChI is InChI=1S/C21H21NO2S/c1-2-3-4-8-17-9-7-12-20(15-17)22-25(23,24)21-14-13-18-10-5-6-11-19(18)16-21/h2-3,5-7,9-16,22H,4,8H2,1H3/b3-2+. The second-order valence-electron chi connectivity index (χ2n) is 5.92. The topological polar surface area (TPSA) is 46.2 Å². The van der Waals surface area contributed by atoms with E-state index in [4.69, 9.17) is 0 Å². The number of sulfonamides is 1. The first kappa shape index (κ1) is 17.2. The van der Waals surface area contributed by atoms with Gasteiger partial charge in [0.15, 0.2) is 0 Å². The van der Waals surface area contributed by atoms with E-state index in [1.807, 2.05) is 61.5 Å². The molecule has 0 aliphatic carbocycles. The van der Waals surface area contributed by atoms with E-state index in [1.54, 1.807) is 18.2 Å². The van der Waals surface area contributed by atoms with Gasteiger partial charge in [0.1, 0.15) is 0 Å². The molecule has 0 saturated carbocycles. The van der Waals surface area contributed by atoms with Crippen molar-refractivity contribution >= 4 is 26.5 Å². The Morgan fingerprint density at radius 3 is 2.52 bits per heavy atom. The lowest BCUT2D eigenvalue weighted by Gasteiger charge is -2.10. The minimum Gasteiger partial charge on any atom is -0.280 e. The third kappa shape index (κ3) is 4.28. The summed E-state index contributed by atoms with van der Waals surface area (Å²) in [6.07, 6.45) is 5.95. The number of allylic oxidation sites excluding steroid dienone is 2. The Balaban J connectivity index is 1.84. The van der Waals surface area contributed by atoms with Gasteiger partial charge in [-0.25, -0.2) is 8.42 Å². The molecule has 0 saturated heterocycles. The van der Waals surface area contributed by atoms with Crippen LogP contribution in [-0.4, -0.2) is 8.42 Å². The van der Waals surface area contributed by atoms with Gasteiger partial charge in [0, 0.05) is 5.69 Å². The Labute approximate surface area is 149 Å². The average Bonchev–Trinajstić information content (AvgIpc) is 2.61. The van der Waals surface area contributed by atoms with Gasteiger partial charge in [-0.05, 0) is 60.4 Å². The van der Waals surface area contributed by atoms with Crippen molar-refractivity contribution < 1.29 is 8.42 Å². The molecule has 0 atom stereocenters. The third-order valence-corrected chi connectivity index (χ3v) is 5.42. The molecule has 128 valence electrons. The molecule has 0 amide bonds. The van der Waals surface area contributed by atoms with Gasteiger partial charge in [-0.3, -0.25) is 4.72 Å². The molecule has 3 nitrogen and oxygen atoms in total. The summed E-state index contributed by atoms with van der Waals surface area (Å²) in [7, 11) is -3.61. The van der Waals surface area contributed by atoms with Gasteiger partial charge >= 0.3 is 0 Å². The Morgan fingerprint density at radius 1 is 0.920 bits per heavy atom. The molecule has 1 N–H and O–H groups in total. The molecule has 0 aliphatic rings. The van der Waals surface area contributed by atoms with E-state index in [2.05, 4.69) is 10.8 Å². The van der Waals surface area contributed by atoms with E-state index in [9.17, 15) is 8.42 Å². The quantitative estimate of drug-likeness (QED) is 0.624. The van der Waals surface area contributed by atoms with Crippen molar-refractivity contribution in [2.24, 2.45) is 0 Å². The van der Waals surface area contributed by atoms with Crippen molar-refractivity contribution in [1.82, 2.24) is 0 Å². The molecule has 3 rings (SSSR count). The molecular formula is C21H21NO2S. The number of anilines is 1. The fourth-order valence-electron chi connectivity index (χ4n) is 2.76. The lowest BCUT2D eigenvalue weighted by Crippen LogP contribution is -2.13. The summed E-state index contributed by atoms with van der Waals surface area (Å²) in [5.41, 5.74) is 1.70. The Morgan fingerprint density at radius 2 is 1.72 bits per heavy atom. The first-order valence-electron chi connectivity index (χ1n) is 8.30. The molecule has 25 heavy (non-hydrogen) atoms. The van der Waals surface area contributed by atoms with Crippen LogP contribution in [0.1, 0.15) is 18.9 Å². The minimum atomic E-state index is -3.61. The van der Waals surface area contributed by atoms with Gasteiger partial charge in [-0.1, -0.05) is 54.6 Å². The molecule has 0 unspecified atom stereocenters. The number of aryl methyl sites for hydroxylation is 1. The van der Waals surface area contributed by atoms with Gasteiger partial charge in [-0.15, -0.1) is 0 Å². The van der Waals surface area contributed by atoms with Crippen LogP contribution in [0.2, 0.25) is 0 Å². The molecule has 0 aromatic heterocycles. The van der Waals surface area contributed by atoms with Crippen LogP contribution in [0.4, 0.5) is 5.69 Å². The second-order valence-corrected chi connectivity index (χ2v) is 7.60. The summed E-state index contributed by atoms with van der Waals surface area (Å²) < 4.78 is 28.1. The van der Waals surface area contributed by atoms with Crippen LogP contribution in [0.25, 0.3) is 10.8 Å². The molecule has 0 heterocycles. The highest BCUT2D eigenvalue weighted by Gasteiger charge is 2.14. The zero-order valence-electron chi connectivity index (χ0n) is 14.1. The van der Waals surface area contributed by atoms with Crippen LogP contribution in [0.5, 0.6) is 0 Å². The molecule has 0 spiro atoms. The van der Waals surface area contributed by atoms with Crippen LogP contribution in [0.15, 0.2) is 83.8 Å². The monoisotopic (exact) mass is 351 g/mol. The molecule has 0 aliphatic heterocycles. The number of rotatable bonds is 6. The minimum absolute atomic E-state index is 0.269. The largest absolute Gasteiger partial charge is 0.280 e. The number of nitrogens with one attached hydrogen (secondary N) is 1. The van der Waals surface area contributed by atoms with Crippen LogP contribution in [0.3, 0.4) is 0 Å². The van der Waals surface area contributed by atoms with Crippen LogP contribution >= 0.6 is 0 Å². The van der Waals surface area contributed by atoms with E-state index in [0.29, 0.717) is 5.69 Å². The van der Waals surface area contributed by atoms with Gasteiger partial charge in [0.05, 0.1) is 4.90 Å². The van der Waals surface area contributed by atoms with Crippen LogP contribution in [0, 0.1) is 0 Å². The summed E-state index contributed by atoms with van der Waals surface area (Å²) in [4.78, 5) is 0.269. The van der Waals surface area contributed by atoms with Crippen LogP contribution < -0.4 is 4.72 Å². The zero-order chi connectivity index (χ0) is 17.7. The van der Waals surface area contributed by atoms with Crippen molar-refractivity contribution in [2.75, 3.05) is 4.72 Å². The SMILES string of the molecule is C/C=C/CCc1cccc(NS(=O)(=O)c2ccc3ccccc3c2)c1. The van der Waals surface area contributed by atoms with E-state index >= 15 is 0 Å². The van der Waals surface area contributed by atoms with E-state index < -0.39 is 10.0 Å². The van der Waals surface area contributed by atoms with Crippen molar-refractivity contribution in [1.29, 1.82) is 0 Å². The van der Waals surface area contributed by atoms with Crippen molar-refractivity contribution in [3.63, 3.8) is 0 Å². The van der Waals surface area contributed by atoms with Gasteiger partial charge in [-0.2, -0.15) is 0 Å².